The van der Waals surface area contributed by atoms with Crippen molar-refractivity contribution < 1.29 is 14.0 Å². The van der Waals surface area contributed by atoms with Crippen molar-refractivity contribution in [3.63, 3.8) is 0 Å². The zero-order valence-electron chi connectivity index (χ0n) is 13.1. The van der Waals surface area contributed by atoms with Crippen molar-refractivity contribution >= 4 is 28.9 Å². The molecule has 1 aliphatic rings. The highest BCUT2D eigenvalue weighted by Crippen LogP contribution is 2.29. The van der Waals surface area contributed by atoms with Gasteiger partial charge in [0.05, 0.1) is 23.6 Å². The number of halogens is 1. The average molecular weight is 327 g/mol. The maximum absolute atomic E-state index is 13.5. The molecule has 0 radical (unpaired) electrons. The van der Waals surface area contributed by atoms with Crippen LogP contribution in [0, 0.1) is 5.82 Å². The van der Waals surface area contributed by atoms with Crippen molar-refractivity contribution in [2.45, 2.75) is 12.8 Å². The van der Waals surface area contributed by atoms with E-state index in [-0.39, 0.29) is 24.0 Å². The maximum Gasteiger partial charge on any atom is 0.243 e. The van der Waals surface area contributed by atoms with Gasteiger partial charge in [-0.2, -0.15) is 0 Å². The molecule has 2 aromatic carbocycles. The van der Waals surface area contributed by atoms with Gasteiger partial charge in [-0.3, -0.25) is 9.59 Å². The van der Waals surface area contributed by atoms with E-state index in [1.807, 2.05) is 24.3 Å². The second-order valence-electron chi connectivity index (χ2n) is 5.55. The quantitative estimate of drug-likeness (QED) is 0.887. The fourth-order valence-electron chi connectivity index (χ4n) is 2.69. The second-order valence-corrected chi connectivity index (χ2v) is 5.55. The summed E-state index contributed by atoms with van der Waals surface area (Å²) < 4.78 is 13.5. The number of benzene rings is 2. The molecule has 0 bridgehead atoms. The molecule has 1 aliphatic heterocycles. The van der Waals surface area contributed by atoms with E-state index in [1.165, 1.54) is 12.1 Å². The third-order valence-corrected chi connectivity index (χ3v) is 3.86. The summed E-state index contributed by atoms with van der Waals surface area (Å²) in [5, 5.41) is 5.54. The molecule has 2 N–H and O–H groups in total. The molecule has 6 heteroatoms. The Kier molecular flexibility index (Phi) is 4.74. The monoisotopic (exact) mass is 327 g/mol. The van der Waals surface area contributed by atoms with Crippen molar-refractivity contribution in [3.8, 4) is 0 Å². The lowest BCUT2D eigenvalue weighted by Gasteiger charge is -2.20. The van der Waals surface area contributed by atoms with Gasteiger partial charge in [0.25, 0.3) is 0 Å². The Balaban J connectivity index is 1.65. The topological polar surface area (TPSA) is 61.4 Å². The third kappa shape index (κ3) is 3.53. The first-order valence-corrected chi connectivity index (χ1v) is 7.83. The molecule has 0 aromatic heterocycles. The Morgan fingerprint density at radius 2 is 1.79 bits per heavy atom. The molecule has 24 heavy (non-hydrogen) atoms. The van der Waals surface area contributed by atoms with Crippen LogP contribution in [0.5, 0.6) is 0 Å². The Labute approximate surface area is 139 Å². The number of nitrogens with one attached hydrogen (secondary N) is 2. The number of nitrogens with zero attached hydrogens (tertiary/aromatic N) is 1. The summed E-state index contributed by atoms with van der Waals surface area (Å²) in [7, 11) is 0. The van der Waals surface area contributed by atoms with Crippen molar-refractivity contribution in [2.75, 3.05) is 28.6 Å². The van der Waals surface area contributed by atoms with Crippen LogP contribution >= 0.6 is 0 Å². The molecule has 1 saturated heterocycles. The molecule has 2 amide bonds. The summed E-state index contributed by atoms with van der Waals surface area (Å²) in [6.07, 6.45) is 1.38. The Morgan fingerprint density at radius 3 is 2.50 bits per heavy atom. The van der Waals surface area contributed by atoms with Crippen molar-refractivity contribution in [3.05, 3.63) is 54.3 Å². The number of hydrogen-bond donors (Lipinski definition) is 2. The highest BCUT2D eigenvalue weighted by Gasteiger charge is 2.23. The minimum atomic E-state index is -0.478. The van der Waals surface area contributed by atoms with E-state index in [0.29, 0.717) is 18.7 Å². The molecule has 0 unspecified atom stereocenters. The lowest BCUT2D eigenvalue weighted by molar-refractivity contribution is -0.117. The molecule has 3 rings (SSSR count). The first-order valence-electron chi connectivity index (χ1n) is 7.83. The van der Waals surface area contributed by atoms with Gasteiger partial charge in [0.2, 0.25) is 11.8 Å². The lowest BCUT2D eigenvalue weighted by Crippen LogP contribution is -2.26. The van der Waals surface area contributed by atoms with Gasteiger partial charge in [0, 0.05) is 13.0 Å². The van der Waals surface area contributed by atoms with Crippen LogP contribution in [-0.4, -0.2) is 24.9 Å². The van der Waals surface area contributed by atoms with Gasteiger partial charge in [-0.15, -0.1) is 0 Å². The standard InChI is InChI=1S/C18H18FN3O2/c19-13-6-1-2-7-14(13)21-17(23)12-20-15-8-3-4-9-16(15)22-11-5-10-18(22)24/h1-4,6-9,20H,5,10-12H2,(H,21,23). The van der Waals surface area contributed by atoms with E-state index in [1.54, 1.807) is 17.0 Å². The third-order valence-electron chi connectivity index (χ3n) is 3.86. The van der Waals surface area contributed by atoms with Crippen LogP contribution in [-0.2, 0) is 9.59 Å². The van der Waals surface area contributed by atoms with Crippen molar-refractivity contribution in [1.29, 1.82) is 0 Å². The number of para-hydroxylation sites is 3. The molecule has 124 valence electrons. The molecule has 5 nitrogen and oxygen atoms in total. The Hall–Kier alpha value is -2.89. The smallest absolute Gasteiger partial charge is 0.243 e. The number of carbonyl (C=O) groups is 2. The summed E-state index contributed by atoms with van der Waals surface area (Å²) in [5.41, 5.74) is 1.61. The van der Waals surface area contributed by atoms with Crippen LogP contribution in [0.3, 0.4) is 0 Å². The van der Waals surface area contributed by atoms with E-state index < -0.39 is 5.82 Å². The predicted molar refractivity (Wildman–Crippen MR) is 91.5 cm³/mol. The maximum atomic E-state index is 13.5. The van der Waals surface area contributed by atoms with E-state index in [0.717, 1.165) is 12.1 Å². The van der Waals surface area contributed by atoms with Gasteiger partial charge in [0.1, 0.15) is 5.82 Å². The molecule has 0 saturated carbocycles. The normalized spacial score (nSPS) is 13.9. The fraction of sp³-hybridized carbons (Fsp3) is 0.222. The summed E-state index contributed by atoms with van der Waals surface area (Å²) in [4.78, 5) is 25.7. The van der Waals surface area contributed by atoms with Crippen molar-refractivity contribution in [1.82, 2.24) is 0 Å². The summed E-state index contributed by atoms with van der Waals surface area (Å²) in [5.74, 6) is -0.753. The van der Waals surface area contributed by atoms with E-state index >= 15 is 0 Å². The molecule has 0 spiro atoms. The minimum Gasteiger partial charge on any atom is -0.374 e. The first-order chi connectivity index (χ1) is 11.6. The number of anilines is 3. The largest absolute Gasteiger partial charge is 0.374 e. The van der Waals surface area contributed by atoms with Crippen LogP contribution in [0.15, 0.2) is 48.5 Å². The SMILES string of the molecule is O=C(CNc1ccccc1N1CCCC1=O)Nc1ccccc1F. The van der Waals surface area contributed by atoms with Gasteiger partial charge in [0.15, 0.2) is 0 Å². The first kappa shape index (κ1) is 16.0. The van der Waals surface area contributed by atoms with Crippen LogP contribution in [0.4, 0.5) is 21.5 Å². The van der Waals surface area contributed by atoms with Gasteiger partial charge in [-0.1, -0.05) is 24.3 Å². The van der Waals surface area contributed by atoms with E-state index in [2.05, 4.69) is 10.6 Å². The Morgan fingerprint density at radius 1 is 1.08 bits per heavy atom. The lowest BCUT2D eigenvalue weighted by atomic mass is 10.2. The van der Waals surface area contributed by atoms with Gasteiger partial charge in [-0.05, 0) is 30.7 Å². The fourth-order valence-corrected chi connectivity index (χ4v) is 2.69. The highest BCUT2D eigenvalue weighted by atomic mass is 19.1. The van der Waals surface area contributed by atoms with E-state index in [9.17, 15) is 14.0 Å². The Bertz CT molecular complexity index is 763. The van der Waals surface area contributed by atoms with Gasteiger partial charge >= 0.3 is 0 Å². The highest BCUT2D eigenvalue weighted by molar-refractivity contribution is 5.99. The zero-order valence-corrected chi connectivity index (χ0v) is 13.1. The van der Waals surface area contributed by atoms with Crippen LogP contribution in [0.2, 0.25) is 0 Å². The number of carbonyl (C=O) groups excluding carboxylic acids is 2. The number of amides is 2. The predicted octanol–water partition coefficient (Wildman–Crippen LogP) is 3.00. The summed E-state index contributed by atoms with van der Waals surface area (Å²) >= 11 is 0. The summed E-state index contributed by atoms with van der Waals surface area (Å²) in [6.45, 7) is 0.659. The minimum absolute atomic E-state index is 0.0205. The van der Waals surface area contributed by atoms with Crippen molar-refractivity contribution in [2.24, 2.45) is 0 Å². The molecule has 0 aliphatic carbocycles. The molecular formula is C18H18FN3O2. The van der Waals surface area contributed by atoms with Crippen LogP contribution < -0.4 is 15.5 Å². The molecular weight excluding hydrogens is 309 g/mol. The molecule has 1 heterocycles. The summed E-state index contributed by atoms with van der Waals surface area (Å²) in [6, 6.07) is 13.4. The molecule has 2 aromatic rings. The average Bonchev–Trinajstić information content (AvgIpc) is 3.01. The number of rotatable bonds is 5. The van der Waals surface area contributed by atoms with Crippen LogP contribution in [0.1, 0.15) is 12.8 Å². The molecule has 0 atom stereocenters. The van der Waals surface area contributed by atoms with E-state index in [4.69, 9.17) is 0 Å². The second kappa shape index (κ2) is 7.12. The number of hydrogen-bond acceptors (Lipinski definition) is 3. The van der Waals surface area contributed by atoms with Gasteiger partial charge in [-0.25, -0.2) is 4.39 Å². The molecule has 1 fully saturated rings. The zero-order chi connectivity index (χ0) is 16.9. The van der Waals surface area contributed by atoms with Gasteiger partial charge < -0.3 is 15.5 Å². The van der Waals surface area contributed by atoms with Crippen LogP contribution in [0.25, 0.3) is 0 Å².